The first-order valence-electron chi connectivity index (χ1n) is 10.2. The number of aryl methyl sites for hydroxylation is 1. The summed E-state index contributed by atoms with van der Waals surface area (Å²) in [6.07, 6.45) is 3.50. The van der Waals surface area contributed by atoms with Crippen molar-refractivity contribution in [2.75, 3.05) is 44.2 Å². The molecular weight excluding hydrogens is 421 g/mol. The predicted octanol–water partition coefficient (Wildman–Crippen LogP) is 3.48. The summed E-state index contributed by atoms with van der Waals surface area (Å²) in [7, 11) is 0. The minimum absolute atomic E-state index is 0.0718. The summed E-state index contributed by atoms with van der Waals surface area (Å²) in [6, 6.07) is 5.52. The highest BCUT2D eigenvalue weighted by atomic mass is 35.5. The smallest absolute Gasteiger partial charge is 0.320 e. The molecule has 0 atom stereocenters. The molecule has 2 aromatic heterocycles. The van der Waals surface area contributed by atoms with E-state index < -0.39 is 5.82 Å². The molecule has 3 heterocycles. The Morgan fingerprint density at radius 2 is 1.87 bits per heavy atom. The Hall–Kier alpha value is -2.84. The largest absolute Gasteiger partial charge is 0.465 e. The van der Waals surface area contributed by atoms with Crippen LogP contribution in [-0.2, 0) is 9.53 Å². The molecule has 7 nitrogen and oxygen atoms in total. The van der Waals surface area contributed by atoms with Crippen LogP contribution in [0.5, 0.6) is 0 Å². The van der Waals surface area contributed by atoms with Crippen LogP contribution in [0.3, 0.4) is 0 Å². The monoisotopic (exact) mass is 443 g/mol. The van der Waals surface area contributed by atoms with Gasteiger partial charge in [-0.2, -0.15) is 0 Å². The highest BCUT2D eigenvalue weighted by Crippen LogP contribution is 2.30. The number of pyridine rings is 1. The van der Waals surface area contributed by atoms with Gasteiger partial charge in [-0.25, -0.2) is 19.3 Å². The van der Waals surface area contributed by atoms with Crippen LogP contribution in [0.4, 0.5) is 10.3 Å². The third-order valence-corrected chi connectivity index (χ3v) is 5.69. The Bertz CT molecular complexity index is 1100. The van der Waals surface area contributed by atoms with Crippen molar-refractivity contribution in [2.45, 2.75) is 13.8 Å². The van der Waals surface area contributed by atoms with E-state index in [4.69, 9.17) is 16.3 Å². The van der Waals surface area contributed by atoms with E-state index >= 15 is 0 Å². The van der Waals surface area contributed by atoms with E-state index in [-0.39, 0.29) is 16.7 Å². The van der Waals surface area contributed by atoms with Crippen LogP contribution in [0.15, 0.2) is 30.6 Å². The van der Waals surface area contributed by atoms with Gasteiger partial charge in [0.25, 0.3) is 0 Å². The van der Waals surface area contributed by atoms with Gasteiger partial charge in [-0.05, 0) is 31.5 Å². The Morgan fingerprint density at radius 3 is 2.55 bits per heavy atom. The van der Waals surface area contributed by atoms with E-state index in [9.17, 15) is 9.18 Å². The normalized spacial score (nSPS) is 14.8. The summed E-state index contributed by atoms with van der Waals surface area (Å²) in [5.74, 6) is -0.0565. The van der Waals surface area contributed by atoms with Gasteiger partial charge in [0.05, 0.1) is 29.4 Å². The number of hydrogen-bond donors (Lipinski definition) is 0. The molecule has 0 radical (unpaired) electrons. The number of rotatable bonds is 5. The molecule has 31 heavy (non-hydrogen) atoms. The SMILES string of the molecule is CCOC(=O)CN1CCN(c2ncc(-c3ccc4nc(C)c(F)c(Cl)c4c3)cn2)CC1. The molecule has 3 aromatic rings. The van der Waals surface area contributed by atoms with Crippen molar-refractivity contribution in [3.8, 4) is 11.1 Å². The first-order valence-corrected chi connectivity index (χ1v) is 10.5. The number of halogens is 2. The van der Waals surface area contributed by atoms with E-state index in [0.29, 0.717) is 30.0 Å². The molecular formula is C22H23ClFN5O2. The first-order chi connectivity index (χ1) is 15.0. The number of nitrogens with zero attached hydrogens (tertiary/aromatic N) is 5. The van der Waals surface area contributed by atoms with Crippen LogP contribution in [-0.4, -0.2) is 65.2 Å². The van der Waals surface area contributed by atoms with Crippen LogP contribution in [0.2, 0.25) is 5.02 Å². The number of fused-ring (bicyclic) bond motifs is 1. The number of carbonyl (C=O) groups is 1. The molecule has 0 aliphatic carbocycles. The second-order valence-electron chi connectivity index (χ2n) is 7.40. The summed E-state index contributed by atoms with van der Waals surface area (Å²) in [4.78, 5) is 29.1. The zero-order valence-electron chi connectivity index (χ0n) is 17.4. The van der Waals surface area contributed by atoms with Crippen LogP contribution < -0.4 is 4.90 Å². The fourth-order valence-corrected chi connectivity index (χ4v) is 3.91. The fourth-order valence-electron chi connectivity index (χ4n) is 3.62. The molecule has 1 aliphatic rings. The highest BCUT2D eigenvalue weighted by Gasteiger charge is 2.21. The van der Waals surface area contributed by atoms with Crippen molar-refractivity contribution in [2.24, 2.45) is 0 Å². The summed E-state index contributed by atoms with van der Waals surface area (Å²) in [6.45, 7) is 7.05. The van der Waals surface area contributed by atoms with Gasteiger partial charge in [0.2, 0.25) is 5.95 Å². The Morgan fingerprint density at radius 1 is 1.16 bits per heavy atom. The van der Waals surface area contributed by atoms with Crippen molar-refractivity contribution < 1.29 is 13.9 Å². The maximum atomic E-state index is 14.1. The molecule has 4 rings (SSSR count). The summed E-state index contributed by atoms with van der Waals surface area (Å²) in [5, 5.41) is 0.631. The highest BCUT2D eigenvalue weighted by molar-refractivity contribution is 6.35. The molecule has 0 spiro atoms. The number of ether oxygens (including phenoxy) is 1. The topological polar surface area (TPSA) is 71.5 Å². The number of carbonyl (C=O) groups excluding carboxylic acids is 1. The number of anilines is 1. The number of esters is 1. The summed E-state index contributed by atoms with van der Waals surface area (Å²) < 4.78 is 19.1. The van der Waals surface area contributed by atoms with Crippen molar-refractivity contribution in [1.29, 1.82) is 0 Å². The second-order valence-corrected chi connectivity index (χ2v) is 7.78. The van der Waals surface area contributed by atoms with Crippen LogP contribution in [0.25, 0.3) is 22.0 Å². The molecule has 0 N–H and O–H groups in total. The fraction of sp³-hybridized carbons (Fsp3) is 0.364. The van der Waals surface area contributed by atoms with E-state index in [0.717, 1.165) is 37.3 Å². The predicted molar refractivity (Wildman–Crippen MR) is 118 cm³/mol. The van der Waals surface area contributed by atoms with Gasteiger partial charge >= 0.3 is 5.97 Å². The van der Waals surface area contributed by atoms with E-state index in [1.54, 1.807) is 32.3 Å². The lowest BCUT2D eigenvalue weighted by Gasteiger charge is -2.34. The molecule has 0 bridgehead atoms. The molecule has 0 unspecified atom stereocenters. The van der Waals surface area contributed by atoms with Crippen molar-refractivity contribution in [1.82, 2.24) is 19.9 Å². The maximum absolute atomic E-state index is 14.1. The zero-order chi connectivity index (χ0) is 22.0. The minimum atomic E-state index is -0.500. The number of aromatic nitrogens is 3. The summed E-state index contributed by atoms with van der Waals surface area (Å²) in [5.41, 5.74) is 2.57. The van der Waals surface area contributed by atoms with Gasteiger partial charge in [-0.1, -0.05) is 17.7 Å². The van der Waals surface area contributed by atoms with Gasteiger partial charge in [-0.3, -0.25) is 9.69 Å². The van der Waals surface area contributed by atoms with Crippen molar-refractivity contribution in [3.05, 3.63) is 47.1 Å². The summed E-state index contributed by atoms with van der Waals surface area (Å²) >= 11 is 6.19. The number of piperazine rings is 1. The lowest BCUT2D eigenvalue weighted by Crippen LogP contribution is -2.48. The molecule has 1 fully saturated rings. The first kappa shape index (κ1) is 21.4. The molecule has 0 saturated carbocycles. The molecule has 9 heteroatoms. The second kappa shape index (κ2) is 9.11. The Labute approximate surface area is 184 Å². The maximum Gasteiger partial charge on any atom is 0.320 e. The minimum Gasteiger partial charge on any atom is -0.465 e. The lowest BCUT2D eigenvalue weighted by molar-refractivity contribution is -0.144. The van der Waals surface area contributed by atoms with E-state index in [1.165, 1.54) is 0 Å². The van der Waals surface area contributed by atoms with Crippen molar-refractivity contribution in [3.63, 3.8) is 0 Å². The zero-order valence-corrected chi connectivity index (χ0v) is 18.2. The molecule has 1 aromatic carbocycles. The van der Waals surface area contributed by atoms with Gasteiger partial charge in [0.1, 0.15) is 0 Å². The van der Waals surface area contributed by atoms with Crippen molar-refractivity contribution >= 4 is 34.4 Å². The third-order valence-electron chi connectivity index (χ3n) is 5.32. The van der Waals surface area contributed by atoms with Gasteiger partial charge < -0.3 is 9.64 Å². The van der Waals surface area contributed by atoms with Gasteiger partial charge in [0, 0.05) is 49.5 Å². The average molecular weight is 444 g/mol. The molecule has 162 valence electrons. The van der Waals surface area contributed by atoms with Gasteiger partial charge in [0.15, 0.2) is 5.82 Å². The average Bonchev–Trinajstić information content (AvgIpc) is 2.78. The quantitative estimate of drug-likeness (QED) is 0.559. The Balaban J connectivity index is 1.46. The van der Waals surface area contributed by atoms with Gasteiger partial charge in [-0.15, -0.1) is 0 Å². The van der Waals surface area contributed by atoms with E-state index in [1.807, 2.05) is 12.1 Å². The number of benzene rings is 1. The molecule has 0 amide bonds. The lowest BCUT2D eigenvalue weighted by atomic mass is 10.1. The molecule has 1 saturated heterocycles. The van der Waals surface area contributed by atoms with E-state index in [2.05, 4.69) is 24.8 Å². The third kappa shape index (κ3) is 4.60. The van der Waals surface area contributed by atoms with Crippen LogP contribution in [0, 0.1) is 12.7 Å². The Kier molecular flexibility index (Phi) is 6.29. The van der Waals surface area contributed by atoms with Crippen LogP contribution in [0.1, 0.15) is 12.6 Å². The standard InChI is InChI=1S/C22H23ClFN5O2/c1-3-31-19(30)13-28-6-8-29(9-7-28)22-25-11-16(12-26-22)15-4-5-18-17(10-15)20(23)21(24)14(2)27-18/h4-5,10-12H,3,6-9,13H2,1-2H3. The molecule has 1 aliphatic heterocycles. The number of hydrogen-bond acceptors (Lipinski definition) is 7. The van der Waals surface area contributed by atoms with Crippen LogP contribution >= 0.6 is 11.6 Å².